The van der Waals surface area contributed by atoms with Crippen LogP contribution in [0.25, 0.3) is 0 Å². The normalized spacial score (nSPS) is 20.6. The largest absolute Gasteiger partial charge is 0.492 e. The highest BCUT2D eigenvalue weighted by Crippen LogP contribution is 2.21. The van der Waals surface area contributed by atoms with Gasteiger partial charge in [-0.2, -0.15) is 0 Å². The standard InChI is InChI=1S/C16H21NO5/c1-11-3-5-12(6-4-11)21-10-9-17(2)15(18)13-7-8-14(22-13)16(19)20/h3-6,13-14H,7-10H2,1-2H3,(H,19,20)/t13-,14+/m0/s1. The van der Waals surface area contributed by atoms with Gasteiger partial charge in [0.25, 0.3) is 5.91 Å². The zero-order valence-electron chi connectivity index (χ0n) is 12.8. The molecule has 1 heterocycles. The molecule has 0 radical (unpaired) electrons. The number of rotatable bonds is 6. The molecule has 6 heteroatoms. The second-order valence-corrected chi connectivity index (χ2v) is 5.45. The van der Waals surface area contributed by atoms with Crippen LogP contribution >= 0.6 is 0 Å². The third-order valence-corrected chi connectivity index (χ3v) is 3.66. The van der Waals surface area contributed by atoms with Crippen LogP contribution in [0, 0.1) is 6.92 Å². The molecule has 0 unspecified atom stereocenters. The summed E-state index contributed by atoms with van der Waals surface area (Å²) < 4.78 is 10.8. The molecule has 120 valence electrons. The van der Waals surface area contributed by atoms with Crippen LogP contribution in [0.15, 0.2) is 24.3 Å². The fourth-order valence-electron chi connectivity index (χ4n) is 2.29. The molecule has 6 nitrogen and oxygen atoms in total. The lowest BCUT2D eigenvalue weighted by atomic mass is 10.2. The number of nitrogens with zero attached hydrogens (tertiary/aromatic N) is 1. The van der Waals surface area contributed by atoms with E-state index in [2.05, 4.69) is 0 Å². The molecule has 0 spiro atoms. The highest BCUT2D eigenvalue weighted by atomic mass is 16.5. The molecule has 0 bridgehead atoms. The van der Waals surface area contributed by atoms with Crippen molar-refractivity contribution in [2.24, 2.45) is 0 Å². The molecule has 1 fully saturated rings. The molecule has 1 aromatic rings. The van der Waals surface area contributed by atoms with Crippen LogP contribution in [0.1, 0.15) is 18.4 Å². The van der Waals surface area contributed by atoms with E-state index in [4.69, 9.17) is 14.6 Å². The van der Waals surface area contributed by atoms with Crippen LogP contribution in [0.5, 0.6) is 5.75 Å². The lowest BCUT2D eigenvalue weighted by Gasteiger charge is -2.21. The first kappa shape index (κ1) is 16.3. The number of hydrogen-bond donors (Lipinski definition) is 1. The highest BCUT2D eigenvalue weighted by Gasteiger charge is 2.35. The Morgan fingerprint density at radius 3 is 2.50 bits per heavy atom. The van der Waals surface area contributed by atoms with E-state index in [1.54, 1.807) is 7.05 Å². The fourth-order valence-corrected chi connectivity index (χ4v) is 2.29. The molecule has 1 saturated heterocycles. The third-order valence-electron chi connectivity index (χ3n) is 3.66. The molecule has 0 aromatic heterocycles. The Balaban J connectivity index is 1.75. The molecule has 1 N–H and O–H groups in total. The Hall–Kier alpha value is -2.08. The van der Waals surface area contributed by atoms with E-state index >= 15 is 0 Å². The third kappa shape index (κ3) is 4.21. The Bertz CT molecular complexity index is 528. The van der Waals surface area contributed by atoms with Crippen molar-refractivity contribution in [3.05, 3.63) is 29.8 Å². The SMILES string of the molecule is Cc1ccc(OCCN(C)C(=O)[C@@H]2CC[C@H](C(=O)O)O2)cc1. The summed E-state index contributed by atoms with van der Waals surface area (Å²) >= 11 is 0. The molecule has 0 saturated carbocycles. The number of ether oxygens (including phenoxy) is 2. The quantitative estimate of drug-likeness (QED) is 0.861. The summed E-state index contributed by atoms with van der Waals surface area (Å²) in [5.41, 5.74) is 1.16. The van der Waals surface area contributed by atoms with Gasteiger partial charge >= 0.3 is 5.97 Å². The number of aliphatic carboxylic acids is 1. The smallest absolute Gasteiger partial charge is 0.332 e. The van der Waals surface area contributed by atoms with Crippen molar-refractivity contribution in [1.82, 2.24) is 4.90 Å². The predicted molar refractivity (Wildman–Crippen MR) is 79.8 cm³/mol. The van der Waals surface area contributed by atoms with Gasteiger partial charge in [0, 0.05) is 7.05 Å². The Kier molecular flexibility index (Phi) is 5.38. The lowest BCUT2D eigenvalue weighted by molar-refractivity contribution is -0.154. The van der Waals surface area contributed by atoms with Gasteiger partial charge in [-0.15, -0.1) is 0 Å². The second-order valence-electron chi connectivity index (χ2n) is 5.45. The van der Waals surface area contributed by atoms with Gasteiger partial charge in [0.2, 0.25) is 0 Å². The number of carboxylic acid groups (broad SMARTS) is 1. The van der Waals surface area contributed by atoms with Crippen molar-refractivity contribution in [3.63, 3.8) is 0 Å². The number of aryl methyl sites for hydroxylation is 1. The summed E-state index contributed by atoms with van der Waals surface area (Å²) in [7, 11) is 1.66. The number of amides is 1. The zero-order chi connectivity index (χ0) is 16.1. The summed E-state index contributed by atoms with van der Waals surface area (Å²) in [4.78, 5) is 24.5. The van der Waals surface area contributed by atoms with E-state index in [0.29, 0.717) is 26.0 Å². The topological polar surface area (TPSA) is 76.1 Å². The van der Waals surface area contributed by atoms with Crippen molar-refractivity contribution in [2.75, 3.05) is 20.2 Å². The molecule has 2 atom stereocenters. The molecular weight excluding hydrogens is 286 g/mol. The summed E-state index contributed by atoms with van der Waals surface area (Å²) in [6.07, 6.45) is -0.713. The number of benzene rings is 1. The Morgan fingerprint density at radius 1 is 1.27 bits per heavy atom. The van der Waals surface area contributed by atoms with Crippen LogP contribution in [0.2, 0.25) is 0 Å². The second kappa shape index (κ2) is 7.26. The van der Waals surface area contributed by atoms with Gasteiger partial charge in [-0.05, 0) is 31.9 Å². The Labute approximate surface area is 129 Å². The monoisotopic (exact) mass is 307 g/mol. The van der Waals surface area contributed by atoms with E-state index in [9.17, 15) is 9.59 Å². The van der Waals surface area contributed by atoms with Crippen molar-refractivity contribution in [1.29, 1.82) is 0 Å². The predicted octanol–water partition coefficient (Wildman–Crippen LogP) is 1.46. The van der Waals surface area contributed by atoms with Crippen molar-refractivity contribution >= 4 is 11.9 Å². The molecule has 0 aliphatic carbocycles. The molecule has 1 amide bonds. The summed E-state index contributed by atoms with van der Waals surface area (Å²) in [6, 6.07) is 7.69. The van der Waals surface area contributed by atoms with Gasteiger partial charge in [0.15, 0.2) is 6.10 Å². The lowest BCUT2D eigenvalue weighted by Crippen LogP contribution is -2.39. The van der Waals surface area contributed by atoms with Gasteiger partial charge in [-0.1, -0.05) is 17.7 Å². The van der Waals surface area contributed by atoms with Crippen molar-refractivity contribution in [3.8, 4) is 5.75 Å². The maximum atomic E-state index is 12.2. The van der Waals surface area contributed by atoms with Crippen molar-refractivity contribution < 1.29 is 24.2 Å². The molecule has 22 heavy (non-hydrogen) atoms. The van der Waals surface area contributed by atoms with Gasteiger partial charge in [-0.3, -0.25) is 4.79 Å². The maximum absolute atomic E-state index is 12.2. The van der Waals surface area contributed by atoms with E-state index < -0.39 is 18.2 Å². The van der Waals surface area contributed by atoms with Crippen LogP contribution in [0.4, 0.5) is 0 Å². The Morgan fingerprint density at radius 2 is 1.91 bits per heavy atom. The number of likely N-dealkylation sites (N-methyl/N-ethyl adjacent to an activating group) is 1. The average molecular weight is 307 g/mol. The van der Waals surface area contributed by atoms with Crippen LogP contribution in [-0.4, -0.2) is 54.3 Å². The van der Waals surface area contributed by atoms with Gasteiger partial charge in [0.1, 0.15) is 18.5 Å². The van der Waals surface area contributed by atoms with E-state index in [1.807, 2.05) is 31.2 Å². The van der Waals surface area contributed by atoms with Crippen LogP contribution < -0.4 is 4.74 Å². The first-order chi connectivity index (χ1) is 10.5. The van der Waals surface area contributed by atoms with E-state index in [-0.39, 0.29) is 5.91 Å². The maximum Gasteiger partial charge on any atom is 0.332 e. The first-order valence-electron chi connectivity index (χ1n) is 7.30. The van der Waals surface area contributed by atoms with E-state index in [0.717, 1.165) is 11.3 Å². The van der Waals surface area contributed by atoms with Crippen LogP contribution in [-0.2, 0) is 14.3 Å². The minimum absolute atomic E-state index is 0.198. The molecule has 1 aromatic carbocycles. The summed E-state index contributed by atoms with van der Waals surface area (Å²) in [5, 5.41) is 8.87. The van der Waals surface area contributed by atoms with Gasteiger partial charge < -0.3 is 19.5 Å². The van der Waals surface area contributed by atoms with Crippen molar-refractivity contribution in [2.45, 2.75) is 32.0 Å². The number of carbonyl (C=O) groups is 2. The fraction of sp³-hybridized carbons (Fsp3) is 0.500. The average Bonchev–Trinajstić information content (AvgIpc) is 2.98. The van der Waals surface area contributed by atoms with Gasteiger partial charge in [-0.25, -0.2) is 4.79 Å². The summed E-state index contributed by atoms with van der Waals surface area (Å²) in [5.74, 6) is -0.452. The molecular formula is C16H21NO5. The first-order valence-corrected chi connectivity index (χ1v) is 7.30. The summed E-state index contributed by atoms with van der Waals surface area (Å²) in [6.45, 7) is 2.80. The number of carboxylic acids is 1. The minimum atomic E-state index is -1.01. The van der Waals surface area contributed by atoms with Crippen LogP contribution in [0.3, 0.4) is 0 Å². The van der Waals surface area contributed by atoms with Gasteiger partial charge in [0.05, 0.1) is 6.54 Å². The number of carbonyl (C=O) groups excluding carboxylic acids is 1. The molecule has 2 rings (SSSR count). The molecule has 1 aliphatic heterocycles. The molecule has 1 aliphatic rings. The minimum Gasteiger partial charge on any atom is -0.492 e. The zero-order valence-corrected chi connectivity index (χ0v) is 12.8. The number of hydrogen-bond acceptors (Lipinski definition) is 4. The highest BCUT2D eigenvalue weighted by molar-refractivity contribution is 5.82. The van der Waals surface area contributed by atoms with E-state index in [1.165, 1.54) is 4.90 Å².